The smallest absolute Gasteiger partial charge is 0.174 e. The molecule has 4 aliphatic rings. The molecule has 6 nitrogen and oxygen atoms in total. The molecule has 5 rings (SSSR count). The molecule has 6 heteroatoms. The fourth-order valence-electron chi connectivity index (χ4n) is 9.78. The van der Waals surface area contributed by atoms with Crippen LogP contribution in [-0.4, -0.2) is 43.0 Å². The molecule has 4 fully saturated rings. The maximum Gasteiger partial charge on any atom is 0.174 e. The van der Waals surface area contributed by atoms with Crippen LogP contribution in [-0.2, 0) is 6.42 Å². The van der Waals surface area contributed by atoms with E-state index in [9.17, 15) is 10.2 Å². The average Bonchev–Trinajstić information content (AvgIpc) is 3.41. The van der Waals surface area contributed by atoms with E-state index >= 15 is 0 Å². The fourth-order valence-corrected chi connectivity index (χ4v) is 9.78. The first-order valence-corrected chi connectivity index (χ1v) is 13.4. The van der Waals surface area contributed by atoms with Crippen molar-refractivity contribution in [2.24, 2.45) is 52.3 Å². The summed E-state index contributed by atoms with van der Waals surface area (Å²) in [4.78, 5) is 0. The van der Waals surface area contributed by atoms with Crippen LogP contribution < -0.4 is 0 Å². The number of aryl methyl sites for hydroxylation is 1. The molecule has 32 heavy (non-hydrogen) atoms. The molecule has 7 unspecified atom stereocenters. The molecule has 11 atom stereocenters. The van der Waals surface area contributed by atoms with Crippen molar-refractivity contribution in [3.63, 3.8) is 0 Å². The van der Waals surface area contributed by atoms with Gasteiger partial charge in [0.15, 0.2) is 5.82 Å². The van der Waals surface area contributed by atoms with Crippen LogP contribution in [0.5, 0.6) is 0 Å². The normalized spacial score (nSPS) is 49.2. The number of aliphatic hydroxyl groups is 2. The average molecular weight is 445 g/mol. The number of fused-ring (bicyclic) bond motifs is 5. The van der Waals surface area contributed by atoms with Gasteiger partial charge in [-0.05, 0) is 104 Å². The van der Waals surface area contributed by atoms with Crippen LogP contribution >= 0.6 is 0 Å². The summed E-state index contributed by atoms with van der Waals surface area (Å²) >= 11 is 0. The molecule has 0 saturated heterocycles. The zero-order valence-electron chi connectivity index (χ0n) is 20.5. The van der Waals surface area contributed by atoms with E-state index in [1.807, 2.05) is 0 Å². The Morgan fingerprint density at radius 2 is 1.78 bits per heavy atom. The number of nitrogens with zero attached hydrogens (tertiary/aromatic N) is 3. The molecule has 0 radical (unpaired) electrons. The summed E-state index contributed by atoms with van der Waals surface area (Å²) in [5.74, 6) is 4.67. The van der Waals surface area contributed by atoms with E-state index in [2.05, 4.69) is 48.3 Å². The van der Waals surface area contributed by atoms with E-state index in [1.54, 1.807) is 0 Å². The molecule has 0 spiro atoms. The summed E-state index contributed by atoms with van der Waals surface area (Å²) in [6, 6.07) is 0. The van der Waals surface area contributed by atoms with E-state index in [1.165, 1.54) is 25.7 Å². The monoisotopic (exact) mass is 444 g/mol. The van der Waals surface area contributed by atoms with Crippen LogP contribution in [0.25, 0.3) is 0 Å². The summed E-state index contributed by atoms with van der Waals surface area (Å²) in [6.45, 7) is 9.77. The topological polar surface area (TPSA) is 94.9 Å². The molecule has 1 heterocycles. The molecule has 4 saturated carbocycles. The van der Waals surface area contributed by atoms with Gasteiger partial charge in [0.05, 0.1) is 12.2 Å². The van der Waals surface area contributed by atoms with Crippen molar-refractivity contribution < 1.29 is 10.2 Å². The van der Waals surface area contributed by atoms with Crippen molar-refractivity contribution in [2.75, 3.05) is 0 Å². The number of hydrogen-bond acceptors (Lipinski definition) is 5. The van der Waals surface area contributed by atoms with Crippen LogP contribution in [0, 0.1) is 52.3 Å². The predicted molar refractivity (Wildman–Crippen MR) is 123 cm³/mol. The van der Waals surface area contributed by atoms with Crippen molar-refractivity contribution >= 4 is 0 Å². The van der Waals surface area contributed by atoms with E-state index in [0.29, 0.717) is 46.8 Å². The number of rotatable bonds is 5. The number of nitrogens with one attached hydrogen (secondary N) is 1. The highest BCUT2D eigenvalue weighted by molar-refractivity contribution is 5.13. The number of aromatic amines is 1. The second-order valence-electron chi connectivity index (χ2n) is 12.5. The number of hydrogen-bond donors (Lipinski definition) is 3. The first-order valence-electron chi connectivity index (χ1n) is 13.4. The number of tetrazole rings is 1. The molecule has 0 amide bonds. The maximum absolute atomic E-state index is 11.8. The molecular weight excluding hydrogens is 400 g/mol. The lowest BCUT2D eigenvalue weighted by atomic mass is 9.41. The minimum absolute atomic E-state index is 0.171. The zero-order chi connectivity index (χ0) is 22.7. The molecule has 1 aromatic heterocycles. The standard InChI is InChI=1S/C26H44N4O2/c1-5-17-21-14-16(31)10-12-26(21,4)20-11-13-25(3)18(7-8-19(25)23(20)24(17)32)15(2)6-9-22-27-29-30-28-22/h15-21,23-24,31-32H,5-14H2,1-4H3,(H,27,28,29,30)/t15-,16-,17-,18?,19?,20?,21?,23?,24-,25?,26?/m1/s1. The van der Waals surface area contributed by atoms with Gasteiger partial charge in [-0.2, -0.15) is 5.21 Å². The van der Waals surface area contributed by atoms with E-state index in [4.69, 9.17) is 0 Å². The second-order valence-corrected chi connectivity index (χ2v) is 12.5. The molecule has 1 aromatic rings. The number of aromatic nitrogens is 4. The first kappa shape index (κ1) is 22.8. The van der Waals surface area contributed by atoms with E-state index in [0.717, 1.165) is 44.3 Å². The van der Waals surface area contributed by atoms with Crippen LogP contribution in [0.3, 0.4) is 0 Å². The highest BCUT2D eigenvalue weighted by Crippen LogP contribution is 2.69. The lowest BCUT2D eigenvalue weighted by Gasteiger charge is -2.64. The largest absolute Gasteiger partial charge is 0.393 e. The third-order valence-electron chi connectivity index (χ3n) is 11.4. The molecule has 3 N–H and O–H groups in total. The lowest BCUT2D eigenvalue weighted by Crippen LogP contribution is -2.62. The minimum Gasteiger partial charge on any atom is -0.393 e. The van der Waals surface area contributed by atoms with Gasteiger partial charge in [0, 0.05) is 6.42 Å². The predicted octanol–water partition coefficient (Wildman–Crippen LogP) is 4.40. The Kier molecular flexibility index (Phi) is 5.93. The molecule has 4 aliphatic carbocycles. The Bertz CT molecular complexity index is 787. The summed E-state index contributed by atoms with van der Waals surface area (Å²) in [5.41, 5.74) is 0.613. The number of H-pyrrole nitrogens is 1. The highest BCUT2D eigenvalue weighted by atomic mass is 16.3. The molecule has 180 valence electrons. The third-order valence-corrected chi connectivity index (χ3v) is 11.4. The van der Waals surface area contributed by atoms with Crippen molar-refractivity contribution in [2.45, 2.75) is 104 Å². The second kappa shape index (κ2) is 8.33. The Morgan fingerprint density at radius 3 is 2.50 bits per heavy atom. The molecule has 0 bridgehead atoms. The van der Waals surface area contributed by atoms with Crippen LogP contribution in [0.2, 0.25) is 0 Å². The Morgan fingerprint density at radius 1 is 1.03 bits per heavy atom. The van der Waals surface area contributed by atoms with Crippen molar-refractivity contribution in [3.05, 3.63) is 5.82 Å². The van der Waals surface area contributed by atoms with Gasteiger partial charge in [0.25, 0.3) is 0 Å². The van der Waals surface area contributed by atoms with Gasteiger partial charge in [0.1, 0.15) is 0 Å². The van der Waals surface area contributed by atoms with Crippen molar-refractivity contribution in [3.8, 4) is 0 Å². The van der Waals surface area contributed by atoms with Crippen LogP contribution in [0.15, 0.2) is 0 Å². The Balaban J connectivity index is 1.38. The lowest BCUT2D eigenvalue weighted by molar-refractivity contribution is -0.203. The third kappa shape index (κ3) is 3.38. The SMILES string of the molecule is CC[C@@H]1C2C[C@H](O)CCC2(C)C2CCC3(C)C(CCC3[C@H](C)CCc3nn[nH]n3)C2[C@@H]1O. The fraction of sp³-hybridized carbons (Fsp3) is 0.962. The van der Waals surface area contributed by atoms with Gasteiger partial charge in [-0.1, -0.05) is 39.3 Å². The minimum atomic E-state index is -0.202. The molecule has 0 aromatic carbocycles. The van der Waals surface area contributed by atoms with Gasteiger partial charge >= 0.3 is 0 Å². The van der Waals surface area contributed by atoms with Gasteiger partial charge < -0.3 is 10.2 Å². The van der Waals surface area contributed by atoms with Gasteiger partial charge in [-0.15, -0.1) is 10.2 Å². The van der Waals surface area contributed by atoms with Crippen molar-refractivity contribution in [1.82, 2.24) is 20.6 Å². The van der Waals surface area contributed by atoms with E-state index in [-0.39, 0.29) is 17.6 Å². The molecule has 0 aliphatic heterocycles. The summed E-state index contributed by atoms with van der Waals surface area (Å²) in [6.07, 6.45) is 10.7. The molecular formula is C26H44N4O2. The Hall–Kier alpha value is -1.01. The Labute approximate surface area is 193 Å². The maximum atomic E-state index is 11.8. The summed E-state index contributed by atoms with van der Waals surface area (Å²) in [5, 5.41) is 36.9. The van der Waals surface area contributed by atoms with Gasteiger partial charge in [0.2, 0.25) is 0 Å². The summed E-state index contributed by atoms with van der Waals surface area (Å²) < 4.78 is 0. The van der Waals surface area contributed by atoms with Crippen LogP contribution in [0.4, 0.5) is 0 Å². The number of aliphatic hydroxyl groups excluding tert-OH is 2. The van der Waals surface area contributed by atoms with Crippen LogP contribution in [0.1, 0.15) is 91.3 Å². The van der Waals surface area contributed by atoms with Gasteiger partial charge in [-0.25, -0.2) is 0 Å². The zero-order valence-corrected chi connectivity index (χ0v) is 20.5. The first-order chi connectivity index (χ1) is 15.3. The highest BCUT2D eigenvalue weighted by Gasteiger charge is 2.64. The quantitative estimate of drug-likeness (QED) is 0.626. The summed E-state index contributed by atoms with van der Waals surface area (Å²) in [7, 11) is 0. The van der Waals surface area contributed by atoms with Crippen molar-refractivity contribution in [1.29, 1.82) is 0 Å². The van der Waals surface area contributed by atoms with E-state index < -0.39 is 0 Å². The van der Waals surface area contributed by atoms with Gasteiger partial charge in [-0.3, -0.25) is 0 Å².